The summed E-state index contributed by atoms with van der Waals surface area (Å²) < 4.78 is 27.8. The quantitative estimate of drug-likeness (QED) is 0.772. The van der Waals surface area contributed by atoms with E-state index in [2.05, 4.69) is 10.2 Å². The largest absolute Gasteiger partial charge is 0.456 e. The molecule has 1 saturated heterocycles. The Hall–Kier alpha value is -2.22. The number of hydrogen-bond acceptors (Lipinski definition) is 6. The first-order valence-corrected chi connectivity index (χ1v) is 8.25. The lowest BCUT2D eigenvalue weighted by molar-refractivity contribution is 0.0348. The van der Waals surface area contributed by atoms with Crippen molar-refractivity contribution in [2.45, 2.75) is 12.5 Å². The number of para-hydroxylation sites is 1. The number of aromatic nitrogens is 3. The van der Waals surface area contributed by atoms with Crippen LogP contribution in [-0.2, 0) is 14.6 Å². The number of esters is 1. The molecule has 7 nitrogen and oxygen atoms in total. The molecule has 1 aromatic heterocycles. The molecule has 0 N–H and O–H groups in total. The van der Waals surface area contributed by atoms with Crippen LogP contribution in [0.25, 0.3) is 5.69 Å². The molecule has 0 spiro atoms. The Morgan fingerprint density at radius 1 is 1.29 bits per heavy atom. The fraction of sp³-hybridized carbons (Fsp3) is 0.308. The van der Waals surface area contributed by atoms with Gasteiger partial charge in [0.1, 0.15) is 6.10 Å². The minimum atomic E-state index is -3.08. The van der Waals surface area contributed by atoms with Crippen LogP contribution < -0.4 is 0 Å². The SMILES string of the molecule is O=C(OC1CCS(=O)(=O)C1)c1cnn(-c2ccccc2)n1. The van der Waals surface area contributed by atoms with E-state index in [0.717, 1.165) is 5.69 Å². The molecule has 1 aromatic carbocycles. The molecule has 0 amide bonds. The van der Waals surface area contributed by atoms with Gasteiger partial charge in [-0.2, -0.15) is 9.90 Å². The number of ether oxygens (including phenoxy) is 1. The lowest BCUT2D eigenvalue weighted by Crippen LogP contribution is -2.20. The van der Waals surface area contributed by atoms with Gasteiger partial charge in [0.05, 0.1) is 23.4 Å². The van der Waals surface area contributed by atoms with Gasteiger partial charge in [0.2, 0.25) is 0 Å². The Balaban J connectivity index is 1.70. The highest BCUT2D eigenvalue weighted by Gasteiger charge is 2.31. The number of nitrogens with zero attached hydrogens (tertiary/aromatic N) is 3. The molecule has 110 valence electrons. The zero-order valence-corrected chi connectivity index (χ0v) is 11.9. The van der Waals surface area contributed by atoms with Gasteiger partial charge in [-0.05, 0) is 18.6 Å². The van der Waals surface area contributed by atoms with E-state index in [1.807, 2.05) is 18.2 Å². The molecule has 1 fully saturated rings. The monoisotopic (exact) mass is 307 g/mol. The summed E-state index contributed by atoms with van der Waals surface area (Å²) in [5.74, 6) is -0.716. The van der Waals surface area contributed by atoms with Gasteiger partial charge >= 0.3 is 5.97 Å². The summed E-state index contributed by atoms with van der Waals surface area (Å²) in [4.78, 5) is 13.2. The lowest BCUT2D eigenvalue weighted by Gasteiger charge is -2.07. The molecule has 2 heterocycles. The van der Waals surface area contributed by atoms with Crippen molar-refractivity contribution in [2.75, 3.05) is 11.5 Å². The number of hydrogen-bond donors (Lipinski definition) is 0. The minimum absolute atomic E-state index is 0.0572. The van der Waals surface area contributed by atoms with E-state index in [1.54, 1.807) is 12.1 Å². The molecular formula is C13H13N3O4S. The zero-order valence-electron chi connectivity index (χ0n) is 11.0. The first-order valence-electron chi connectivity index (χ1n) is 6.43. The number of rotatable bonds is 3. The number of sulfone groups is 1. The smallest absolute Gasteiger partial charge is 0.360 e. The predicted molar refractivity (Wildman–Crippen MR) is 73.8 cm³/mol. The van der Waals surface area contributed by atoms with Crippen LogP contribution in [0.2, 0.25) is 0 Å². The van der Waals surface area contributed by atoms with Crippen LogP contribution >= 0.6 is 0 Å². The normalized spacial score (nSPS) is 20.3. The van der Waals surface area contributed by atoms with Crippen LogP contribution in [0.5, 0.6) is 0 Å². The minimum Gasteiger partial charge on any atom is -0.456 e. The van der Waals surface area contributed by atoms with E-state index < -0.39 is 21.9 Å². The van der Waals surface area contributed by atoms with Gasteiger partial charge in [0.25, 0.3) is 0 Å². The van der Waals surface area contributed by atoms with Crippen LogP contribution in [-0.4, -0.2) is 47.0 Å². The van der Waals surface area contributed by atoms with Gasteiger partial charge in [-0.25, -0.2) is 13.2 Å². The zero-order chi connectivity index (χ0) is 14.9. The van der Waals surface area contributed by atoms with E-state index in [1.165, 1.54) is 11.0 Å². The average Bonchev–Trinajstić information content (AvgIpc) is 3.07. The molecule has 1 atom stereocenters. The maximum atomic E-state index is 11.9. The molecule has 0 saturated carbocycles. The average molecular weight is 307 g/mol. The topological polar surface area (TPSA) is 91.2 Å². The molecular weight excluding hydrogens is 294 g/mol. The van der Waals surface area contributed by atoms with Crippen molar-refractivity contribution in [1.82, 2.24) is 15.0 Å². The predicted octanol–water partition coefficient (Wildman–Crippen LogP) is 0.611. The van der Waals surface area contributed by atoms with Gasteiger partial charge in [0.15, 0.2) is 15.5 Å². The van der Waals surface area contributed by atoms with Crippen LogP contribution in [0.15, 0.2) is 36.5 Å². The van der Waals surface area contributed by atoms with E-state index in [0.29, 0.717) is 6.42 Å². The Morgan fingerprint density at radius 3 is 2.71 bits per heavy atom. The standard InChI is InChI=1S/C13H13N3O4S/c17-13(20-11-6-7-21(18,19)9-11)12-8-14-16(15-12)10-4-2-1-3-5-10/h1-5,8,11H,6-7,9H2. The van der Waals surface area contributed by atoms with Crippen LogP contribution in [0.4, 0.5) is 0 Å². The summed E-state index contributed by atoms with van der Waals surface area (Å²) in [5, 5.41) is 8.04. The summed E-state index contributed by atoms with van der Waals surface area (Å²) in [6, 6.07) is 9.14. The summed E-state index contributed by atoms with van der Waals surface area (Å²) >= 11 is 0. The van der Waals surface area contributed by atoms with Crippen molar-refractivity contribution < 1.29 is 17.9 Å². The first kappa shape index (κ1) is 13.7. The van der Waals surface area contributed by atoms with Crippen LogP contribution in [0, 0.1) is 0 Å². The van der Waals surface area contributed by atoms with E-state index >= 15 is 0 Å². The van der Waals surface area contributed by atoms with Crippen molar-refractivity contribution in [2.24, 2.45) is 0 Å². The molecule has 21 heavy (non-hydrogen) atoms. The number of benzene rings is 1. The second kappa shape index (κ2) is 5.28. The third-order valence-corrected chi connectivity index (χ3v) is 4.89. The lowest BCUT2D eigenvalue weighted by atomic mass is 10.3. The molecule has 0 bridgehead atoms. The molecule has 0 aliphatic carbocycles. The van der Waals surface area contributed by atoms with Gasteiger partial charge in [-0.15, -0.1) is 5.10 Å². The van der Waals surface area contributed by atoms with Gasteiger partial charge in [-0.3, -0.25) is 0 Å². The Morgan fingerprint density at radius 2 is 2.05 bits per heavy atom. The molecule has 1 aliphatic heterocycles. The Kier molecular flexibility index (Phi) is 3.46. The third-order valence-electron chi connectivity index (χ3n) is 3.15. The fourth-order valence-electron chi connectivity index (χ4n) is 2.11. The van der Waals surface area contributed by atoms with Crippen molar-refractivity contribution >= 4 is 15.8 Å². The molecule has 0 radical (unpaired) electrons. The van der Waals surface area contributed by atoms with Crippen molar-refractivity contribution in [3.05, 3.63) is 42.2 Å². The highest BCUT2D eigenvalue weighted by atomic mass is 32.2. The maximum Gasteiger partial charge on any atom is 0.360 e. The molecule has 1 unspecified atom stereocenters. The summed E-state index contributed by atoms with van der Waals surface area (Å²) in [5.41, 5.74) is 0.781. The highest BCUT2D eigenvalue weighted by molar-refractivity contribution is 7.91. The van der Waals surface area contributed by atoms with E-state index in [-0.39, 0.29) is 17.2 Å². The summed E-state index contributed by atoms with van der Waals surface area (Å²) in [6.45, 7) is 0. The second-order valence-electron chi connectivity index (χ2n) is 4.79. The van der Waals surface area contributed by atoms with Crippen LogP contribution in [0.3, 0.4) is 0 Å². The van der Waals surface area contributed by atoms with Gasteiger partial charge < -0.3 is 4.74 Å². The fourth-order valence-corrected chi connectivity index (χ4v) is 3.70. The molecule has 1 aliphatic rings. The molecule has 2 aromatic rings. The second-order valence-corrected chi connectivity index (χ2v) is 7.01. The van der Waals surface area contributed by atoms with E-state index in [9.17, 15) is 13.2 Å². The van der Waals surface area contributed by atoms with E-state index in [4.69, 9.17) is 4.74 Å². The van der Waals surface area contributed by atoms with Crippen molar-refractivity contribution in [3.63, 3.8) is 0 Å². The summed E-state index contributed by atoms with van der Waals surface area (Å²) in [6.07, 6.45) is 1.05. The molecule has 8 heteroatoms. The number of carbonyl (C=O) groups excluding carboxylic acids is 1. The van der Waals surface area contributed by atoms with Crippen LogP contribution in [0.1, 0.15) is 16.9 Å². The van der Waals surface area contributed by atoms with Gasteiger partial charge in [-0.1, -0.05) is 18.2 Å². The van der Waals surface area contributed by atoms with Crippen molar-refractivity contribution in [1.29, 1.82) is 0 Å². The first-order chi connectivity index (χ1) is 10.0. The van der Waals surface area contributed by atoms with Gasteiger partial charge in [0, 0.05) is 0 Å². The summed E-state index contributed by atoms with van der Waals surface area (Å²) in [7, 11) is -3.08. The Bertz CT molecular complexity index is 755. The van der Waals surface area contributed by atoms with Crippen molar-refractivity contribution in [3.8, 4) is 5.69 Å². The Labute approximate surface area is 121 Å². The number of carbonyl (C=O) groups is 1. The highest BCUT2D eigenvalue weighted by Crippen LogP contribution is 2.16. The maximum absolute atomic E-state index is 11.9. The third kappa shape index (κ3) is 3.10. The molecule has 3 rings (SSSR count).